The van der Waals surface area contributed by atoms with Gasteiger partial charge in [-0.25, -0.2) is 0 Å². The Kier molecular flexibility index (Phi) is 19.5. The van der Waals surface area contributed by atoms with Crippen molar-refractivity contribution < 1.29 is 28.4 Å². The molecule has 1 aromatic rings. The van der Waals surface area contributed by atoms with Gasteiger partial charge in [-0.15, -0.1) is 39.5 Å². The lowest BCUT2D eigenvalue weighted by Crippen LogP contribution is -2.37. The van der Waals surface area contributed by atoms with E-state index >= 15 is 0 Å². The average molecular weight is 547 g/mol. The maximum Gasteiger partial charge on any atom is 0.235 e. The van der Waals surface area contributed by atoms with Gasteiger partial charge < -0.3 is 28.4 Å². The number of ether oxygens (including phenoxy) is 6. The smallest absolute Gasteiger partial charge is 0.235 e. The molecular formula is C27H42N6O6. The maximum atomic E-state index is 5.68. The van der Waals surface area contributed by atoms with E-state index in [0.717, 1.165) is 0 Å². The van der Waals surface area contributed by atoms with Gasteiger partial charge in [0.25, 0.3) is 0 Å². The van der Waals surface area contributed by atoms with Crippen LogP contribution in [0.4, 0.5) is 17.8 Å². The first kappa shape index (κ1) is 33.6. The topological polar surface area (TPSA) is 104 Å². The summed E-state index contributed by atoms with van der Waals surface area (Å²) in [5.41, 5.74) is 0. The lowest BCUT2D eigenvalue weighted by molar-refractivity contribution is 0.103. The molecule has 0 saturated heterocycles. The van der Waals surface area contributed by atoms with E-state index in [-0.39, 0.29) is 58.2 Å². The molecule has 0 aliphatic carbocycles. The predicted molar refractivity (Wildman–Crippen MR) is 153 cm³/mol. The van der Waals surface area contributed by atoms with Gasteiger partial charge in [-0.1, -0.05) is 36.5 Å². The summed E-state index contributed by atoms with van der Waals surface area (Å²) < 4.78 is 34.1. The molecule has 1 rings (SSSR count). The van der Waals surface area contributed by atoms with Crippen LogP contribution in [-0.4, -0.2) is 95.0 Å². The second-order valence-corrected chi connectivity index (χ2v) is 7.59. The SMILES string of the molecule is C=CCOCN(COCC=C)c1nc(N(COCC=C)COCC=C)nc(N(COCC=C)COCC=C)n1. The molecule has 0 bridgehead atoms. The van der Waals surface area contributed by atoms with Gasteiger partial charge in [-0.2, -0.15) is 15.0 Å². The third-order valence-corrected chi connectivity index (χ3v) is 4.35. The minimum absolute atomic E-state index is 0.131. The molecule has 0 saturated carbocycles. The summed E-state index contributed by atoms with van der Waals surface area (Å²) in [6, 6.07) is 0. The molecule has 0 fully saturated rings. The third-order valence-electron chi connectivity index (χ3n) is 4.35. The summed E-state index contributed by atoms with van der Waals surface area (Å²) in [7, 11) is 0. The number of aromatic nitrogens is 3. The summed E-state index contributed by atoms with van der Waals surface area (Å²) in [5.74, 6) is 0.869. The first-order valence-electron chi connectivity index (χ1n) is 12.3. The van der Waals surface area contributed by atoms with Crippen molar-refractivity contribution in [3.05, 3.63) is 75.9 Å². The lowest BCUT2D eigenvalue weighted by atomic mass is 10.6. The molecule has 0 unspecified atom stereocenters. The molecule has 0 atom stereocenters. The minimum Gasteiger partial charge on any atom is -0.357 e. The number of hydrogen-bond donors (Lipinski definition) is 0. The zero-order valence-corrected chi connectivity index (χ0v) is 22.8. The van der Waals surface area contributed by atoms with E-state index < -0.39 is 0 Å². The van der Waals surface area contributed by atoms with Crippen LogP contribution in [0.15, 0.2) is 75.9 Å². The number of rotatable bonds is 27. The summed E-state index contributed by atoms with van der Waals surface area (Å²) in [4.78, 5) is 19.2. The summed E-state index contributed by atoms with van der Waals surface area (Å²) in [6.45, 7) is 24.9. The largest absolute Gasteiger partial charge is 0.357 e. The molecule has 0 radical (unpaired) electrons. The van der Waals surface area contributed by atoms with E-state index in [2.05, 4.69) is 39.5 Å². The molecule has 0 aliphatic heterocycles. The molecule has 216 valence electrons. The van der Waals surface area contributed by atoms with Crippen molar-refractivity contribution in [2.75, 3.05) is 94.7 Å². The van der Waals surface area contributed by atoms with E-state index in [1.807, 2.05) is 0 Å². The van der Waals surface area contributed by atoms with E-state index in [1.54, 1.807) is 51.2 Å². The molecule has 0 amide bonds. The Hall–Kier alpha value is -3.39. The molecule has 39 heavy (non-hydrogen) atoms. The summed E-state index contributed by atoms with van der Waals surface area (Å²) >= 11 is 0. The molecule has 1 heterocycles. The molecular weight excluding hydrogens is 504 g/mol. The Morgan fingerprint density at radius 1 is 0.385 bits per heavy atom. The summed E-state index contributed by atoms with van der Waals surface area (Å²) in [5, 5.41) is 0. The van der Waals surface area contributed by atoms with Crippen LogP contribution in [0.5, 0.6) is 0 Å². The Morgan fingerprint density at radius 3 is 0.718 bits per heavy atom. The maximum absolute atomic E-state index is 5.68. The highest BCUT2D eigenvalue weighted by molar-refractivity contribution is 5.45. The number of nitrogens with zero attached hydrogens (tertiary/aromatic N) is 6. The number of hydrogen-bond acceptors (Lipinski definition) is 12. The summed E-state index contributed by atoms with van der Waals surface area (Å²) in [6.07, 6.45) is 9.91. The predicted octanol–water partition coefficient (Wildman–Crippen LogP) is 3.25. The van der Waals surface area contributed by atoms with Gasteiger partial charge in [-0.3, -0.25) is 14.7 Å². The highest BCUT2D eigenvalue weighted by atomic mass is 16.5. The van der Waals surface area contributed by atoms with Gasteiger partial charge in [0.05, 0.1) is 39.6 Å². The monoisotopic (exact) mass is 546 g/mol. The first-order chi connectivity index (χ1) is 19.1. The van der Waals surface area contributed by atoms with E-state index in [9.17, 15) is 0 Å². The van der Waals surface area contributed by atoms with Crippen molar-refractivity contribution >= 4 is 17.8 Å². The van der Waals surface area contributed by atoms with Crippen molar-refractivity contribution in [2.45, 2.75) is 0 Å². The van der Waals surface area contributed by atoms with Gasteiger partial charge in [0.1, 0.15) is 40.4 Å². The Morgan fingerprint density at radius 2 is 0.564 bits per heavy atom. The zero-order valence-electron chi connectivity index (χ0n) is 22.8. The molecule has 0 N–H and O–H groups in total. The minimum atomic E-state index is 0.131. The fraction of sp³-hybridized carbons (Fsp3) is 0.444. The van der Waals surface area contributed by atoms with Gasteiger partial charge in [-0.05, 0) is 0 Å². The van der Waals surface area contributed by atoms with Crippen LogP contribution >= 0.6 is 0 Å². The zero-order chi connectivity index (χ0) is 28.6. The van der Waals surface area contributed by atoms with Crippen LogP contribution in [0.3, 0.4) is 0 Å². The van der Waals surface area contributed by atoms with E-state index in [4.69, 9.17) is 43.4 Å². The molecule has 1 aromatic heterocycles. The van der Waals surface area contributed by atoms with Crippen LogP contribution in [0.1, 0.15) is 0 Å². The Bertz CT molecular complexity index is 707. The second-order valence-electron chi connectivity index (χ2n) is 7.59. The molecule has 0 aromatic carbocycles. The Balaban J connectivity index is 3.53. The van der Waals surface area contributed by atoms with Gasteiger partial charge in [0, 0.05) is 0 Å². The quantitative estimate of drug-likeness (QED) is 0.0919. The molecule has 0 spiro atoms. The fourth-order valence-electron chi connectivity index (χ4n) is 2.70. The van der Waals surface area contributed by atoms with Gasteiger partial charge >= 0.3 is 0 Å². The standard InChI is InChI=1S/C27H42N6O6/c1-7-13-34-19-31(20-35-14-8-2)25-28-26(32(21-36-15-9-3)22-37-16-10-4)30-27(29-25)33(23-38-17-11-5)24-39-18-12-6/h7-12H,1-6,13-24H2. The highest BCUT2D eigenvalue weighted by Gasteiger charge is 2.21. The number of anilines is 3. The third kappa shape index (κ3) is 14.4. The van der Waals surface area contributed by atoms with Crippen molar-refractivity contribution in [2.24, 2.45) is 0 Å². The fourth-order valence-corrected chi connectivity index (χ4v) is 2.70. The molecule has 12 heteroatoms. The Labute approximate surface area is 232 Å². The van der Waals surface area contributed by atoms with Crippen LogP contribution in [-0.2, 0) is 28.4 Å². The second kappa shape index (κ2) is 22.6. The van der Waals surface area contributed by atoms with E-state index in [1.165, 1.54) is 0 Å². The van der Waals surface area contributed by atoms with E-state index in [0.29, 0.717) is 39.6 Å². The van der Waals surface area contributed by atoms with Gasteiger partial charge in [0.15, 0.2) is 0 Å². The average Bonchev–Trinajstić information content (AvgIpc) is 2.95. The highest BCUT2D eigenvalue weighted by Crippen LogP contribution is 2.20. The van der Waals surface area contributed by atoms with Crippen LogP contribution in [0.25, 0.3) is 0 Å². The van der Waals surface area contributed by atoms with Crippen molar-refractivity contribution in [3.8, 4) is 0 Å². The van der Waals surface area contributed by atoms with Gasteiger partial charge in [0.2, 0.25) is 17.8 Å². The van der Waals surface area contributed by atoms with Crippen LogP contribution in [0, 0.1) is 0 Å². The van der Waals surface area contributed by atoms with Crippen molar-refractivity contribution in [3.63, 3.8) is 0 Å². The lowest BCUT2D eigenvalue weighted by Gasteiger charge is -2.28. The molecule has 0 aliphatic rings. The van der Waals surface area contributed by atoms with Crippen molar-refractivity contribution in [1.29, 1.82) is 0 Å². The molecule has 12 nitrogen and oxygen atoms in total. The van der Waals surface area contributed by atoms with Crippen LogP contribution in [0.2, 0.25) is 0 Å². The van der Waals surface area contributed by atoms with Crippen molar-refractivity contribution in [1.82, 2.24) is 15.0 Å². The first-order valence-corrected chi connectivity index (χ1v) is 12.3. The van der Waals surface area contributed by atoms with Crippen LogP contribution < -0.4 is 14.7 Å². The normalized spacial score (nSPS) is 10.5.